The van der Waals surface area contributed by atoms with Gasteiger partial charge in [-0.1, -0.05) is 54.4 Å². The Bertz CT molecular complexity index is 693. The van der Waals surface area contributed by atoms with Crippen LogP contribution in [-0.4, -0.2) is 17.0 Å². The minimum absolute atomic E-state index is 0.0496. The molecular weight excluding hydrogens is 368 g/mol. The molecule has 4 aliphatic carbocycles. The molecule has 0 radical (unpaired) electrons. The number of fused-ring (bicyclic) bond motifs is 5. The van der Waals surface area contributed by atoms with E-state index in [1.165, 1.54) is 38.5 Å². The van der Waals surface area contributed by atoms with Crippen LogP contribution in [0.2, 0.25) is 0 Å². The number of carbonyl (C=O) groups is 1. The summed E-state index contributed by atoms with van der Waals surface area (Å²) in [6.07, 6.45) is 12.1. The average Bonchev–Trinajstić information content (AvgIpc) is 3.04. The Balaban J connectivity index is 1.52. The molecule has 9 atom stereocenters. The van der Waals surface area contributed by atoms with E-state index in [9.17, 15) is 9.90 Å². The first-order valence-electron chi connectivity index (χ1n) is 13.0. The predicted molar refractivity (Wildman–Crippen MR) is 124 cm³/mol. The van der Waals surface area contributed by atoms with Crippen molar-refractivity contribution in [2.45, 2.75) is 105 Å². The fraction of sp³-hybridized carbons (Fsp3) is 0.893. The molecule has 4 rings (SSSR count). The molecule has 1 N–H and O–H groups in total. The van der Waals surface area contributed by atoms with Gasteiger partial charge >= 0.3 is 0 Å². The van der Waals surface area contributed by atoms with Gasteiger partial charge in [0, 0.05) is 6.42 Å². The van der Waals surface area contributed by atoms with Crippen LogP contribution in [0.4, 0.5) is 0 Å². The molecule has 0 spiro atoms. The van der Waals surface area contributed by atoms with Crippen molar-refractivity contribution in [3.8, 4) is 0 Å². The maximum Gasteiger partial charge on any atom is 0.155 e. The Hall–Kier alpha value is -0.630. The summed E-state index contributed by atoms with van der Waals surface area (Å²) in [4.78, 5) is 12.1. The predicted octanol–water partition coefficient (Wildman–Crippen LogP) is 6.81. The minimum Gasteiger partial charge on any atom is -0.389 e. The SMILES string of the molecule is CC(C)[C@H](C)CC[C@@H](C)[C@H]1CC[C@H]2[C@@H]3C[C@H](O)C4=CC(=O)CC[C@]4(C)[C@H]3CC[C@]12C. The number of hydrogen-bond acceptors (Lipinski definition) is 2. The number of aliphatic hydroxyl groups excluding tert-OH is 1. The molecule has 0 amide bonds. The molecule has 2 nitrogen and oxygen atoms in total. The Morgan fingerprint density at radius 1 is 1.03 bits per heavy atom. The van der Waals surface area contributed by atoms with Crippen LogP contribution in [0.5, 0.6) is 0 Å². The zero-order chi connectivity index (χ0) is 21.8. The molecule has 2 heteroatoms. The van der Waals surface area contributed by atoms with Crippen LogP contribution in [0.1, 0.15) is 99.3 Å². The summed E-state index contributed by atoms with van der Waals surface area (Å²) in [6.45, 7) is 14.7. The molecule has 0 aliphatic heterocycles. The molecule has 0 unspecified atom stereocenters. The fourth-order valence-electron chi connectivity index (χ4n) is 8.64. The second kappa shape index (κ2) is 8.05. The largest absolute Gasteiger partial charge is 0.389 e. The molecule has 3 fully saturated rings. The zero-order valence-corrected chi connectivity index (χ0v) is 20.4. The molecule has 0 heterocycles. The highest BCUT2D eigenvalue weighted by Crippen LogP contribution is 2.67. The smallest absolute Gasteiger partial charge is 0.155 e. The van der Waals surface area contributed by atoms with Gasteiger partial charge in [0.15, 0.2) is 5.78 Å². The normalized spacial score (nSPS) is 45.4. The summed E-state index contributed by atoms with van der Waals surface area (Å²) in [5, 5.41) is 11.1. The van der Waals surface area contributed by atoms with Gasteiger partial charge in [-0.15, -0.1) is 0 Å². The minimum atomic E-state index is -0.397. The first-order valence-corrected chi connectivity index (χ1v) is 13.0. The number of rotatable bonds is 5. The average molecular weight is 415 g/mol. The second-order valence-corrected chi connectivity index (χ2v) is 12.6. The maximum atomic E-state index is 12.1. The molecule has 0 aromatic heterocycles. The third-order valence-electron chi connectivity index (χ3n) is 11.0. The number of carbonyl (C=O) groups excluding carboxylic acids is 1. The lowest BCUT2D eigenvalue weighted by atomic mass is 9.46. The second-order valence-electron chi connectivity index (χ2n) is 12.6. The fourth-order valence-corrected chi connectivity index (χ4v) is 8.64. The van der Waals surface area contributed by atoms with E-state index in [0.717, 1.165) is 48.0 Å². The molecule has 170 valence electrons. The van der Waals surface area contributed by atoms with E-state index in [2.05, 4.69) is 41.5 Å². The van der Waals surface area contributed by atoms with Crippen LogP contribution in [0.25, 0.3) is 0 Å². The van der Waals surface area contributed by atoms with Crippen molar-refractivity contribution < 1.29 is 9.90 Å². The van der Waals surface area contributed by atoms with Crippen LogP contribution >= 0.6 is 0 Å². The summed E-state index contributed by atoms with van der Waals surface area (Å²) >= 11 is 0. The van der Waals surface area contributed by atoms with E-state index >= 15 is 0 Å². The molecular formula is C28H46O2. The maximum absolute atomic E-state index is 12.1. The topological polar surface area (TPSA) is 37.3 Å². The van der Waals surface area contributed by atoms with Crippen molar-refractivity contribution in [3.63, 3.8) is 0 Å². The van der Waals surface area contributed by atoms with Gasteiger partial charge in [-0.25, -0.2) is 0 Å². The molecule has 0 aromatic carbocycles. The highest BCUT2D eigenvalue weighted by molar-refractivity contribution is 5.91. The van der Waals surface area contributed by atoms with E-state index in [0.29, 0.717) is 23.7 Å². The van der Waals surface area contributed by atoms with Crippen molar-refractivity contribution >= 4 is 5.78 Å². The van der Waals surface area contributed by atoms with E-state index in [4.69, 9.17) is 0 Å². The lowest BCUT2D eigenvalue weighted by Crippen LogP contribution is -2.54. The van der Waals surface area contributed by atoms with Gasteiger partial charge in [0.25, 0.3) is 0 Å². The van der Waals surface area contributed by atoms with Gasteiger partial charge < -0.3 is 5.11 Å². The first kappa shape index (κ1) is 22.6. The van der Waals surface area contributed by atoms with Crippen LogP contribution in [-0.2, 0) is 4.79 Å². The Labute approximate surface area is 185 Å². The van der Waals surface area contributed by atoms with Crippen molar-refractivity contribution in [1.82, 2.24) is 0 Å². The van der Waals surface area contributed by atoms with Gasteiger partial charge in [-0.2, -0.15) is 0 Å². The van der Waals surface area contributed by atoms with E-state index < -0.39 is 6.10 Å². The van der Waals surface area contributed by atoms with E-state index in [-0.39, 0.29) is 11.2 Å². The highest BCUT2D eigenvalue weighted by Gasteiger charge is 2.60. The van der Waals surface area contributed by atoms with Gasteiger partial charge in [0.2, 0.25) is 0 Å². The van der Waals surface area contributed by atoms with E-state index in [1.54, 1.807) is 0 Å². The van der Waals surface area contributed by atoms with Crippen LogP contribution in [0.15, 0.2) is 11.6 Å². The van der Waals surface area contributed by atoms with Crippen LogP contribution in [0.3, 0.4) is 0 Å². The van der Waals surface area contributed by atoms with Crippen LogP contribution < -0.4 is 0 Å². The highest BCUT2D eigenvalue weighted by atomic mass is 16.3. The number of hydrogen-bond donors (Lipinski definition) is 1. The first-order chi connectivity index (χ1) is 14.1. The molecule has 3 saturated carbocycles. The quantitative estimate of drug-likeness (QED) is 0.536. The lowest BCUT2D eigenvalue weighted by molar-refractivity contribution is -0.119. The van der Waals surface area contributed by atoms with Crippen molar-refractivity contribution in [1.29, 1.82) is 0 Å². The molecule has 4 aliphatic rings. The van der Waals surface area contributed by atoms with Gasteiger partial charge in [0.05, 0.1) is 6.10 Å². The summed E-state index contributed by atoms with van der Waals surface area (Å²) in [7, 11) is 0. The van der Waals surface area contributed by atoms with Gasteiger partial charge in [-0.3, -0.25) is 4.79 Å². The lowest BCUT2D eigenvalue weighted by Gasteiger charge is -2.59. The Morgan fingerprint density at radius 2 is 1.77 bits per heavy atom. The summed E-state index contributed by atoms with van der Waals surface area (Å²) < 4.78 is 0. The third-order valence-corrected chi connectivity index (χ3v) is 11.0. The Kier molecular flexibility index (Phi) is 6.06. The molecule has 0 saturated heterocycles. The van der Waals surface area contributed by atoms with E-state index in [1.807, 2.05) is 6.08 Å². The van der Waals surface area contributed by atoms with Crippen molar-refractivity contribution in [2.75, 3.05) is 0 Å². The number of aliphatic hydroxyl groups is 1. The van der Waals surface area contributed by atoms with Gasteiger partial charge in [0.1, 0.15) is 0 Å². The van der Waals surface area contributed by atoms with Crippen molar-refractivity contribution in [3.05, 3.63) is 11.6 Å². The van der Waals surface area contributed by atoms with Crippen LogP contribution in [0, 0.1) is 52.3 Å². The molecule has 0 bridgehead atoms. The molecule has 0 aromatic rings. The molecule has 30 heavy (non-hydrogen) atoms. The van der Waals surface area contributed by atoms with Gasteiger partial charge in [-0.05, 0) is 102 Å². The van der Waals surface area contributed by atoms with Crippen molar-refractivity contribution in [2.24, 2.45) is 52.3 Å². The number of ketones is 1. The third kappa shape index (κ3) is 3.54. The summed E-state index contributed by atoms with van der Waals surface area (Å²) in [5.41, 5.74) is 1.58. The zero-order valence-electron chi connectivity index (χ0n) is 20.4. The monoisotopic (exact) mass is 414 g/mol. The standard InChI is InChI=1S/C28H46O2/c1-17(2)18(3)7-8-19(4)22-9-10-23-21-16-26(30)25-15-20(29)11-13-28(25,6)24(21)12-14-27(22,23)5/h15,17-19,21-24,26,30H,7-14,16H2,1-6H3/t18-,19-,21+,22-,23+,24+,26+,27-,28-/m1/s1. The summed E-state index contributed by atoms with van der Waals surface area (Å²) in [5.74, 6) is 5.55. The Morgan fingerprint density at radius 3 is 2.47 bits per heavy atom. The summed E-state index contributed by atoms with van der Waals surface area (Å²) in [6, 6.07) is 0.